The normalized spacial score (nSPS) is 10.9. The SMILES string of the molecule is Cc1ccc(-c2cc(-c3ccccc3)nc(-c3ccc4ccccc4c3)n2)cc1. The van der Waals surface area contributed by atoms with Crippen LogP contribution in [0.4, 0.5) is 0 Å². The van der Waals surface area contributed by atoms with E-state index in [0.29, 0.717) is 0 Å². The van der Waals surface area contributed by atoms with Gasteiger partial charge in [-0.05, 0) is 29.8 Å². The number of fused-ring (bicyclic) bond motifs is 1. The Morgan fingerprint density at radius 1 is 0.483 bits per heavy atom. The summed E-state index contributed by atoms with van der Waals surface area (Å²) in [5.74, 6) is 0.743. The van der Waals surface area contributed by atoms with Crippen LogP contribution < -0.4 is 0 Å². The van der Waals surface area contributed by atoms with Crippen LogP contribution in [0.3, 0.4) is 0 Å². The lowest BCUT2D eigenvalue weighted by Crippen LogP contribution is -1.96. The first kappa shape index (κ1) is 17.3. The summed E-state index contributed by atoms with van der Waals surface area (Å²) in [7, 11) is 0. The molecule has 2 nitrogen and oxygen atoms in total. The van der Waals surface area contributed by atoms with E-state index in [1.807, 2.05) is 18.2 Å². The Hall–Kier alpha value is -3.78. The molecule has 1 aromatic heterocycles. The highest BCUT2D eigenvalue weighted by molar-refractivity contribution is 5.86. The summed E-state index contributed by atoms with van der Waals surface area (Å²) >= 11 is 0. The minimum atomic E-state index is 0.743. The highest BCUT2D eigenvalue weighted by Crippen LogP contribution is 2.29. The molecular formula is C27H20N2. The fourth-order valence-electron chi connectivity index (χ4n) is 3.53. The molecule has 0 saturated carbocycles. The predicted molar refractivity (Wildman–Crippen MR) is 121 cm³/mol. The van der Waals surface area contributed by atoms with E-state index in [9.17, 15) is 0 Å². The van der Waals surface area contributed by atoms with Gasteiger partial charge in [-0.25, -0.2) is 9.97 Å². The van der Waals surface area contributed by atoms with Crippen LogP contribution in [0.25, 0.3) is 44.7 Å². The molecule has 5 rings (SSSR count). The molecule has 0 fully saturated rings. The zero-order valence-electron chi connectivity index (χ0n) is 16.2. The van der Waals surface area contributed by atoms with Crippen molar-refractivity contribution in [3.63, 3.8) is 0 Å². The van der Waals surface area contributed by atoms with E-state index in [2.05, 4.69) is 91.9 Å². The monoisotopic (exact) mass is 372 g/mol. The smallest absolute Gasteiger partial charge is 0.160 e. The zero-order valence-corrected chi connectivity index (χ0v) is 16.2. The molecule has 2 heteroatoms. The minimum Gasteiger partial charge on any atom is -0.228 e. The Kier molecular flexibility index (Phi) is 4.38. The summed E-state index contributed by atoms with van der Waals surface area (Å²) in [6, 6.07) is 35.6. The number of aryl methyl sites for hydroxylation is 1. The molecule has 0 atom stereocenters. The fourth-order valence-corrected chi connectivity index (χ4v) is 3.53. The minimum absolute atomic E-state index is 0.743. The van der Waals surface area contributed by atoms with Gasteiger partial charge in [0.25, 0.3) is 0 Å². The molecule has 5 aromatic rings. The molecule has 0 aliphatic rings. The van der Waals surface area contributed by atoms with E-state index in [1.165, 1.54) is 16.3 Å². The molecule has 0 unspecified atom stereocenters. The van der Waals surface area contributed by atoms with E-state index in [0.717, 1.165) is 33.9 Å². The van der Waals surface area contributed by atoms with Crippen LogP contribution in [-0.4, -0.2) is 9.97 Å². The zero-order chi connectivity index (χ0) is 19.6. The van der Waals surface area contributed by atoms with Crippen molar-refractivity contribution in [1.29, 1.82) is 0 Å². The van der Waals surface area contributed by atoms with Crippen molar-refractivity contribution >= 4 is 10.8 Å². The van der Waals surface area contributed by atoms with Crippen molar-refractivity contribution in [2.75, 3.05) is 0 Å². The Labute approximate surface area is 170 Å². The average Bonchev–Trinajstić information content (AvgIpc) is 2.79. The summed E-state index contributed by atoms with van der Waals surface area (Å²) in [5, 5.41) is 2.41. The maximum atomic E-state index is 4.92. The summed E-state index contributed by atoms with van der Waals surface area (Å²) in [6.45, 7) is 2.10. The van der Waals surface area contributed by atoms with E-state index in [1.54, 1.807) is 0 Å². The lowest BCUT2D eigenvalue weighted by molar-refractivity contribution is 1.18. The van der Waals surface area contributed by atoms with Gasteiger partial charge in [-0.15, -0.1) is 0 Å². The molecule has 29 heavy (non-hydrogen) atoms. The summed E-state index contributed by atoms with van der Waals surface area (Å²) in [5.41, 5.74) is 6.31. The molecule has 0 spiro atoms. The Morgan fingerprint density at radius 3 is 1.79 bits per heavy atom. The molecule has 0 aliphatic carbocycles. The molecule has 4 aromatic carbocycles. The van der Waals surface area contributed by atoms with Crippen LogP contribution >= 0.6 is 0 Å². The molecule has 0 bridgehead atoms. The molecule has 0 aliphatic heterocycles. The van der Waals surface area contributed by atoms with E-state index in [4.69, 9.17) is 9.97 Å². The number of aromatic nitrogens is 2. The standard InChI is InChI=1S/C27H20N2/c1-19-11-13-22(14-12-19)26-18-25(21-8-3-2-4-9-21)28-27(29-26)24-16-15-20-7-5-6-10-23(20)17-24/h2-18H,1H3. The topological polar surface area (TPSA) is 25.8 Å². The first-order chi connectivity index (χ1) is 14.3. The largest absolute Gasteiger partial charge is 0.228 e. The van der Waals surface area contributed by atoms with Gasteiger partial charge in [0.15, 0.2) is 5.82 Å². The fraction of sp³-hybridized carbons (Fsp3) is 0.0370. The average molecular weight is 372 g/mol. The van der Waals surface area contributed by atoms with Crippen molar-refractivity contribution in [2.45, 2.75) is 6.92 Å². The maximum Gasteiger partial charge on any atom is 0.160 e. The molecule has 0 saturated heterocycles. The van der Waals surface area contributed by atoms with Gasteiger partial charge in [-0.1, -0.05) is 96.6 Å². The maximum absolute atomic E-state index is 4.92. The van der Waals surface area contributed by atoms with Crippen LogP contribution in [-0.2, 0) is 0 Å². The number of nitrogens with zero attached hydrogens (tertiary/aromatic N) is 2. The van der Waals surface area contributed by atoms with Gasteiger partial charge in [0.1, 0.15) is 0 Å². The van der Waals surface area contributed by atoms with Gasteiger partial charge in [0, 0.05) is 16.7 Å². The highest BCUT2D eigenvalue weighted by atomic mass is 14.9. The van der Waals surface area contributed by atoms with Gasteiger partial charge >= 0.3 is 0 Å². The van der Waals surface area contributed by atoms with Crippen LogP contribution in [0.1, 0.15) is 5.56 Å². The Balaban J connectivity index is 1.71. The van der Waals surface area contributed by atoms with Gasteiger partial charge in [-0.2, -0.15) is 0 Å². The summed E-state index contributed by atoms with van der Waals surface area (Å²) in [6.07, 6.45) is 0. The van der Waals surface area contributed by atoms with Crippen molar-refractivity contribution in [3.05, 3.63) is 109 Å². The van der Waals surface area contributed by atoms with Gasteiger partial charge < -0.3 is 0 Å². The molecule has 1 heterocycles. The van der Waals surface area contributed by atoms with Gasteiger partial charge in [0.2, 0.25) is 0 Å². The molecule has 0 N–H and O–H groups in total. The highest BCUT2D eigenvalue weighted by Gasteiger charge is 2.11. The first-order valence-electron chi connectivity index (χ1n) is 9.77. The molecular weight excluding hydrogens is 352 g/mol. The predicted octanol–water partition coefficient (Wildman–Crippen LogP) is 6.94. The Bertz CT molecular complexity index is 1290. The Morgan fingerprint density at radius 2 is 1.07 bits per heavy atom. The van der Waals surface area contributed by atoms with Crippen LogP contribution in [0, 0.1) is 6.92 Å². The lowest BCUT2D eigenvalue weighted by Gasteiger charge is -2.10. The number of rotatable bonds is 3. The second-order valence-corrected chi connectivity index (χ2v) is 7.26. The number of hydrogen-bond acceptors (Lipinski definition) is 2. The summed E-state index contributed by atoms with van der Waals surface area (Å²) < 4.78 is 0. The summed E-state index contributed by atoms with van der Waals surface area (Å²) in [4.78, 5) is 9.84. The third-order valence-corrected chi connectivity index (χ3v) is 5.15. The van der Waals surface area contributed by atoms with Crippen LogP contribution in [0.5, 0.6) is 0 Å². The number of hydrogen-bond donors (Lipinski definition) is 0. The van der Waals surface area contributed by atoms with Crippen molar-refractivity contribution < 1.29 is 0 Å². The second kappa shape index (κ2) is 7.33. The van der Waals surface area contributed by atoms with Crippen LogP contribution in [0.15, 0.2) is 103 Å². The quantitative estimate of drug-likeness (QED) is 0.343. The van der Waals surface area contributed by atoms with E-state index < -0.39 is 0 Å². The van der Waals surface area contributed by atoms with E-state index >= 15 is 0 Å². The number of benzene rings is 4. The van der Waals surface area contributed by atoms with Gasteiger partial charge in [-0.3, -0.25) is 0 Å². The lowest BCUT2D eigenvalue weighted by atomic mass is 10.0. The van der Waals surface area contributed by atoms with Crippen molar-refractivity contribution in [2.24, 2.45) is 0 Å². The van der Waals surface area contributed by atoms with Gasteiger partial charge in [0.05, 0.1) is 11.4 Å². The van der Waals surface area contributed by atoms with E-state index in [-0.39, 0.29) is 0 Å². The first-order valence-corrected chi connectivity index (χ1v) is 9.77. The third kappa shape index (κ3) is 3.53. The third-order valence-electron chi connectivity index (χ3n) is 5.15. The second-order valence-electron chi connectivity index (χ2n) is 7.26. The van der Waals surface area contributed by atoms with Crippen molar-refractivity contribution in [1.82, 2.24) is 9.97 Å². The molecule has 0 radical (unpaired) electrons. The molecule has 0 amide bonds. The molecule has 138 valence electrons. The van der Waals surface area contributed by atoms with Crippen LogP contribution in [0.2, 0.25) is 0 Å². The van der Waals surface area contributed by atoms with Crippen molar-refractivity contribution in [3.8, 4) is 33.9 Å².